The van der Waals surface area contributed by atoms with Gasteiger partial charge < -0.3 is 20.3 Å². The number of aliphatic carboxylic acids is 1. The Hall–Kier alpha value is -1.75. The van der Waals surface area contributed by atoms with E-state index in [9.17, 15) is 4.79 Å². The van der Waals surface area contributed by atoms with Crippen LogP contribution in [0.25, 0.3) is 0 Å². The number of aryl methyl sites for hydroxylation is 1. The summed E-state index contributed by atoms with van der Waals surface area (Å²) in [7, 11) is 3.15. The van der Waals surface area contributed by atoms with Crippen molar-refractivity contribution in [3.63, 3.8) is 0 Å². The van der Waals surface area contributed by atoms with Crippen LogP contribution in [0.15, 0.2) is 18.2 Å². The van der Waals surface area contributed by atoms with Gasteiger partial charge in [-0.15, -0.1) is 0 Å². The van der Waals surface area contributed by atoms with E-state index in [1.54, 1.807) is 20.3 Å². The molecular weight excluding hydrogens is 234 g/mol. The number of methoxy groups -OCH3 is 2. The monoisotopic (exact) mass is 253 g/mol. The Kier molecular flexibility index (Phi) is 4.55. The van der Waals surface area contributed by atoms with Gasteiger partial charge in [-0.25, -0.2) is 0 Å². The Bertz CT molecular complexity index is 429. The van der Waals surface area contributed by atoms with Crippen molar-refractivity contribution in [2.75, 3.05) is 14.2 Å². The van der Waals surface area contributed by atoms with E-state index in [1.165, 1.54) is 6.92 Å². The minimum atomic E-state index is -1.23. The Morgan fingerprint density at radius 3 is 2.56 bits per heavy atom. The molecule has 0 radical (unpaired) electrons. The van der Waals surface area contributed by atoms with Crippen molar-refractivity contribution in [3.8, 4) is 11.5 Å². The third-order valence-corrected chi connectivity index (χ3v) is 2.90. The lowest BCUT2D eigenvalue weighted by atomic mass is 9.94. The summed E-state index contributed by atoms with van der Waals surface area (Å²) >= 11 is 0. The smallest absolute Gasteiger partial charge is 0.323 e. The number of carbonyl (C=O) groups is 1. The molecule has 0 spiro atoms. The average molecular weight is 253 g/mol. The van der Waals surface area contributed by atoms with Gasteiger partial charge in [0.1, 0.15) is 17.0 Å². The molecule has 0 aromatic heterocycles. The zero-order valence-electron chi connectivity index (χ0n) is 10.9. The summed E-state index contributed by atoms with van der Waals surface area (Å²) in [6.07, 6.45) is 0.873. The summed E-state index contributed by atoms with van der Waals surface area (Å²) in [6, 6.07) is 5.44. The Labute approximate surface area is 107 Å². The number of hydrogen-bond donors (Lipinski definition) is 2. The van der Waals surface area contributed by atoms with Gasteiger partial charge in [-0.05, 0) is 31.4 Å². The molecule has 0 saturated heterocycles. The number of carboxylic acids is 1. The van der Waals surface area contributed by atoms with Crippen molar-refractivity contribution in [1.82, 2.24) is 0 Å². The topological polar surface area (TPSA) is 81.8 Å². The zero-order valence-corrected chi connectivity index (χ0v) is 10.9. The fourth-order valence-electron chi connectivity index (χ4n) is 1.56. The number of benzene rings is 1. The molecule has 1 aromatic carbocycles. The van der Waals surface area contributed by atoms with Gasteiger partial charge >= 0.3 is 5.97 Å². The molecule has 0 heterocycles. The first-order valence-corrected chi connectivity index (χ1v) is 5.64. The van der Waals surface area contributed by atoms with Crippen molar-refractivity contribution >= 4 is 5.97 Å². The van der Waals surface area contributed by atoms with E-state index in [-0.39, 0.29) is 0 Å². The van der Waals surface area contributed by atoms with Crippen molar-refractivity contribution in [3.05, 3.63) is 23.8 Å². The first-order chi connectivity index (χ1) is 8.40. The lowest BCUT2D eigenvalue weighted by molar-refractivity contribution is -0.142. The van der Waals surface area contributed by atoms with Crippen LogP contribution in [0.4, 0.5) is 0 Å². The van der Waals surface area contributed by atoms with Crippen molar-refractivity contribution in [2.24, 2.45) is 5.73 Å². The summed E-state index contributed by atoms with van der Waals surface area (Å²) in [4.78, 5) is 10.9. The van der Waals surface area contributed by atoms with E-state index in [4.69, 9.17) is 20.3 Å². The Morgan fingerprint density at radius 1 is 1.39 bits per heavy atom. The lowest BCUT2D eigenvalue weighted by Gasteiger charge is -2.19. The van der Waals surface area contributed by atoms with E-state index in [0.717, 1.165) is 5.56 Å². The highest BCUT2D eigenvalue weighted by atomic mass is 16.5. The molecule has 0 bridgehead atoms. The lowest BCUT2D eigenvalue weighted by Crippen LogP contribution is -2.45. The van der Waals surface area contributed by atoms with Crippen molar-refractivity contribution < 1.29 is 19.4 Å². The van der Waals surface area contributed by atoms with Crippen LogP contribution in [-0.4, -0.2) is 30.8 Å². The maximum atomic E-state index is 10.9. The van der Waals surface area contributed by atoms with Gasteiger partial charge in [0.15, 0.2) is 0 Å². The molecule has 1 unspecified atom stereocenters. The second-order valence-electron chi connectivity index (χ2n) is 4.40. The number of carboxylic acid groups (broad SMARTS) is 1. The molecular formula is C13H19NO4. The minimum absolute atomic E-state index is 0.338. The number of nitrogens with two attached hydrogens (primary N) is 1. The predicted molar refractivity (Wildman–Crippen MR) is 68.1 cm³/mol. The van der Waals surface area contributed by atoms with Crippen LogP contribution in [0.2, 0.25) is 0 Å². The van der Waals surface area contributed by atoms with Crippen LogP contribution < -0.4 is 15.2 Å². The maximum absolute atomic E-state index is 10.9. The molecule has 1 aromatic rings. The van der Waals surface area contributed by atoms with Crippen LogP contribution in [0.1, 0.15) is 18.9 Å². The molecule has 0 fully saturated rings. The van der Waals surface area contributed by atoms with Gasteiger partial charge in [0.05, 0.1) is 14.2 Å². The van der Waals surface area contributed by atoms with E-state index in [1.807, 2.05) is 12.1 Å². The first kappa shape index (κ1) is 14.3. The van der Waals surface area contributed by atoms with Crippen LogP contribution in [0.3, 0.4) is 0 Å². The van der Waals surface area contributed by atoms with Gasteiger partial charge in [0, 0.05) is 6.07 Å². The van der Waals surface area contributed by atoms with Crippen molar-refractivity contribution in [1.29, 1.82) is 0 Å². The molecule has 0 aliphatic rings. The maximum Gasteiger partial charge on any atom is 0.323 e. The molecule has 1 rings (SSSR count). The van der Waals surface area contributed by atoms with Crippen LogP contribution in [0.5, 0.6) is 11.5 Å². The van der Waals surface area contributed by atoms with E-state index in [2.05, 4.69) is 0 Å². The van der Waals surface area contributed by atoms with Crippen LogP contribution in [0, 0.1) is 0 Å². The Balaban J connectivity index is 2.82. The second-order valence-corrected chi connectivity index (χ2v) is 4.40. The van der Waals surface area contributed by atoms with Gasteiger partial charge in [0.25, 0.3) is 0 Å². The molecule has 0 amide bonds. The molecule has 100 valence electrons. The van der Waals surface area contributed by atoms with E-state index < -0.39 is 11.5 Å². The number of ether oxygens (including phenoxy) is 2. The quantitative estimate of drug-likeness (QED) is 0.801. The summed E-state index contributed by atoms with van der Waals surface area (Å²) in [5, 5.41) is 8.95. The van der Waals surface area contributed by atoms with Crippen LogP contribution in [-0.2, 0) is 11.2 Å². The van der Waals surface area contributed by atoms with Gasteiger partial charge in [0.2, 0.25) is 0 Å². The zero-order chi connectivity index (χ0) is 13.8. The normalized spacial score (nSPS) is 13.8. The molecule has 5 heteroatoms. The minimum Gasteiger partial charge on any atom is -0.497 e. The largest absolute Gasteiger partial charge is 0.497 e. The molecule has 0 aliphatic carbocycles. The highest BCUT2D eigenvalue weighted by Gasteiger charge is 2.27. The Morgan fingerprint density at radius 2 is 2.06 bits per heavy atom. The average Bonchev–Trinajstić information content (AvgIpc) is 2.35. The van der Waals surface area contributed by atoms with E-state index >= 15 is 0 Å². The highest BCUT2D eigenvalue weighted by Crippen LogP contribution is 2.26. The second kappa shape index (κ2) is 5.73. The molecule has 18 heavy (non-hydrogen) atoms. The number of hydrogen-bond acceptors (Lipinski definition) is 4. The summed E-state index contributed by atoms with van der Waals surface area (Å²) in [5.74, 6) is 0.370. The standard InChI is InChI=1S/C13H19NO4/c1-13(14,12(15)16)7-6-9-4-5-10(17-2)8-11(9)18-3/h4-5,8H,6-7,14H2,1-3H3,(H,15,16). The summed E-state index contributed by atoms with van der Waals surface area (Å²) < 4.78 is 10.3. The van der Waals surface area contributed by atoms with Gasteiger partial charge in [-0.1, -0.05) is 6.07 Å². The molecule has 0 aliphatic heterocycles. The number of rotatable bonds is 6. The summed E-state index contributed by atoms with van der Waals surface area (Å²) in [6.45, 7) is 1.51. The van der Waals surface area contributed by atoms with Crippen LogP contribution >= 0.6 is 0 Å². The van der Waals surface area contributed by atoms with Gasteiger partial charge in [-0.3, -0.25) is 4.79 Å². The molecule has 3 N–H and O–H groups in total. The van der Waals surface area contributed by atoms with Crippen molar-refractivity contribution in [2.45, 2.75) is 25.3 Å². The molecule has 1 atom stereocenters. The van der Waals surface area contributed by atoms with E-state index in [0.29, 0.717) is 24.3 Å². The molecule has 5 nitrogen and oxygen atoms in total. The first-order valence-electron chi connectivity index (χ1n) is 5.64. The van der Waals surface area contributed by atoms with Gasteiger partial charge in [-0.2, -0.15) is 0 Å². The fourth-order valence-corrected chi connectivity index (χ4v) is 1.56. The third-order valence-electron chi connectivity index (χ3n) is 2.90. The predicted octanol–water partition coefficient (Wildman–Crippen LogP) is 1.44. The fraction of sp³-hybridized carbons (Fsp3) is 0.462. The SMILES string of the molecule is COc1ccc(CCC(C)(N)C(=O)O)c(OC)c1. The third kappa shape index (κ3) is 3.37. The highest BCUT2D eigenvalue weighted by molar-refractivity contribution is 5.77. The summed E-state index contributed by atoms with van der Waals surface area (Å²) in [5.41, 5.74) is 5.37. The molecule has 0 saturated carbocycles.